The third-order valence-electron chi connectivity index (χ3n) is 11.3. The first-order valence-corrected chi connectivity index (χ1v) is 18.8. The predicted octanol–water partition coefficient (Wildman–Crippen LogP) is 4.43. The van der Waals surface area contributed by atoms with Gasteiger partial charge in [0.25, 0.3) is 5.91 Å². The second kappa shape index (κ2) is 14.9. The topological polar surface area (TPSA) is 162 Å². The van der Waals surface area contributed by atoms with Gasteiger partial charge in [-0.25, -0.2) is 14.2 Å². The lowest BCUT2D eigenvalue weighted by Gasteiger charge is -2.39. The summed E-state index contributed by atoms with van der Waals surface area (Å²) in [4.78, 5) is 62.7. The number of nitrogens with one attached hydrogen (secondary N) is 2. The molecule has 0 radical (unpaired) electrons. The maximum Gasteiger partial charge on any atom is 0.433 e. The molecule has 1 aromatic carbocycles. The van der Waals surface area contributed by atoms with Crippen molar-refractivity contribution < 1.29 is 36.7 Å². The molecule has 1 atom stereocenters. The van der Waals surface area contributed by atoms with E-state index in [-0.39, 0.29) is 36.5 Å². The van der Waals surface area contributed by atoms with Gasteiger partial charge in [0.05, 0.1) is 29.9 Å². The van der Waals surface area contributed by atoms with Crippen LogP contribution in [-0.4, -0.2) is 91.3 Å². The van der Waals surface area contributed by atoms with Gasteiger partial charge in [-0.3, -0.25) is 38.4 Å². The molecule has 2 saturated heterocycles. The molecular formula is C38H40F4N10O5. The van der Waals surface area contributed by atoms with Crippen LogP contribution in [0.4, 0.5) is 29.1 Å². The number of aryl methyl sites for hydroxylation is 1. The second-order valence-electron chi connectivity index (χ2n) is 14.8. The summed E-state index contributed by atoms with van der Waals surface area (Å²) in [5, 5.41) is 10.2. The number of carbonyl (C=O) groups excluding carboxylic acids is 3. The predicted molar refractivity (Wildman–Crippen MR) is 199 cm³/mol. The summed E-state index contributed by atoms with van der Waals surface area (Å²) in [7, 11) is 3.00. The highest BCUT2D eigenvalue weighted by Crippen LogP contribution is 2.36. The number of ether oxygens (including phenoxy) is 1. The minimum atomic E-state index is -4.69. The number of methoxy groups -OCH3 is 1. The molecule has 5 aromatic rings. The first-order chi connectivity index (χ1) is 27.3. The molecule has 1 unspecified atom stereocenters. The first-order valence-electron chi connectivity index (χ1n) is 18.8. The molecule has 2 N–H and O–H groups in total. The Kier molecular flexibility index (Phi) is 9.95. The first kappa shape index (κ1) is 38.0. The van der Waals surface area contributed by atoms with Gasteiger partial charge in [0, 0.05) is 57.8 Å². The number of anilines is 2. The summed E-state index contributed by atoms with van der Waals surface area (Å²) in [6.45, 7) is 3.41. The molecule has 3 aliphatic rings. The number of hydrogen-bond acceptors (Lipinski definition) is 10. The molecule has 2 aliphatic heterocycles. The van der Waals surface area contributed by atoms with E-state index >= 15 is 4.39 Å². The summed E-state index contributed by atoms with van der Waals surface area (Å²) in [5.41, 5.74) is -0.322. The van der Waals surface area contributed by atoms with Gasteiger partial charge in [-0.1, -0.05) is 6.07 Å². The van der Waals surface area contributed by atoms with E-state index in [1.807, 2.05) is 15.8 Å². The number of amides is 3. The Morgan fingerprint density at radius 2 is 1.75 bits per heavy atom. The van der Waals surface area contributed by atoms with Crippen LogP contribution in [0.25, 0.3) is 21.9 Å². The number of halogens is 4. The van der Waals surface area contributed by atoms with Crippen LogP contribution in [-0.2, 0) is 22.8 Å². The number of aromatic nitrogens is 6. The number of piperidine rings is 1. The zero-order valence-electron chi connectivity index (χ0n) is 31.2. The molecule has 4 aromatic heterocycles. The maximum atomic E-state index is 15.6. The number of fused-ring (bicyclic) bond motifs is 2. The minimum absolute atomic E-state index is 0.0843. The molecule has 3 fully saturated rings. The van der Waals surface area contributed by atoms with Crippen molar-refractivity contribution in [3.05, 3.63) is 70.3 Å². The van der Waals surface area contributed by atoms with Crippen molar-refractivity contribution in [3.8, 4) is 5.88 Å². The standard InChI is InChI=1S/C38H40F4N10O5/c1-48-33-26(52(37(48)56)27-12-13-30(53)46-35(27)55)11-10-24(39)32(33)50-16-14-49(15-17-50)19-21-6-8-23(9-7-21)51-20-22-18-29(45-36(57-2)31(22)47-51)44-34(54)25-4-3-5-28(43-25)38(40,41)42/h3-5,10-11,18,20-21,23,27H,6-9,12-17,19H2,1-2H3,(H,44,54)(H,46,53,55). The fourth-order valence-corrected chi connectivity index (χ4v) is 8.38. The van der Waals surface area contributed by atoms with E-state index in [1.165, 1.54) is 34.4 Å². The normalized spacial score (nSPS) is 20.9. The Morgan fingerprint density at radius 1 is 1.00 bits per heavy atom. The molecule has 8 rings (SSSR count). The van der Waals surface area contributed by atoms with Crippen molar-refractivity contribution in [2.24, 2.45) is 13.0 Å². The van der Waals surface area contributed by atoms with Crippen molar-refractivity contribution in [3.63, 3.8) is 0 Å². The molecule has 19 heteroatoms. The lowest BCUT2D eigenvalue weighted by Crippen LogP contribution is -2.48. The van der Waals surface area contributed by atoms with Crippen molar-refractivity contribution in [1.82, 2.24) is 39.1 Å². The number of imidazole rings is 1. The number of piperazine rings is 1. The van der Waals surface area contributed by atoms with Gasteiger partial charge >= 0.3 is 11.9 Å². The zero-order chi connectivity index (χ0) is 40.2. The van der Waals surface area contributed by atoms with E-state index < -0.39 is 46.9 Å². The van der Waals surface area contributed by atoms with E-state index in [2.05, 4.69) is 25.5 Å². The number of pyridine rings is 2. The summed E-state index contributed by atoms with van der Waals surface area (Å²) < 4.78 is 65.1. The van der Waals surface area contributed by atoms with Crippen molar-refractivity contribution >= 4 is 51.2 Å². The quantitative estimate of drug-likeness (QED) is 0.170. The maximum absolute atomic E-state index is 15.6. The third kappa shape index (κ3) is 7.31. The van der Waals surface area contributed by atoms with E-state index in [9.17, 15) is 32.3 Å². The molecule has 300 valence electrons. The molecule has 15 nitrogen and oxygen atoms in total. The molecule has 0 spiro atoms. The van der Waals surface area contributed by atoms with Crippen molar-refractivity contribution in [1.29, 1.82) is 0 Å². The Morgan fingerprint density at radius 3 is 2.46 bits per heavy atom. The molecule has 3 amide bonds. The lowest BCUT2D eigenvalue weighted by molar-refractivity contribution is -0.141. The fraction of sp³-hybridized carbons (Fsp3) is 0.447. The average Bonchev–Trinajstić information content (AvgIpc) is 3.73. The van der Waals surface area contributed by atoms with Crippen LogP contribution in [0, 0.1) is 11.7 Å². The summed E-state index contributed by atoms with van der Waals surface area (Å²) in [6.07, 6.45) is 1.16. The van der Waals surface area contributed by atoms with Crippen molar-refractivity contribution in [2.45, 2.75) is 56.8 Å². The van der Waals surface area contributed by atoms with Crippen LogP contribution < -0.4 is 26.0 Å². The number of rotatable bonds is 8. The highest BCUT2D eigenvalue weighted by atomic mass is 19.4. The second-order valence-corrected chi connectivity index (χ2v) is 14.8. The Balaban J connectivity index is 0.890. The number of carbonyl (C=O) groups is 3. The molecule has 1 aliphatic carbocycles. The average molecular weight is 793 g/mol. The van der Waals surface area contributed by atoms with Gasteiger partial charge in [0.1, 0.15) is 29.1 Å². The SMILES string of the molecule is COc1nc(NC(=O)c2cccc(C(F)(F)F)n2)cc2cn(C3CCC(CN4CCN(c5c(F)ccc6c5n(C)c(=O)n6C5CCC(=O)NC5=O)CC4)CC3)nc12. The lowest BCUT2D eigenvalue weighted by atomic mass is 9.85. The van der Waals surface area contributed by atoms with Crippen LogP contribution in [0.2, 0.25) is 0 Å². The van der Waals surface area contributed by atoms with E-state index in [1.54, 1.807) is 13.1 Å². The summed E-state index contributed by atoms with van der Waals surface area (Å²) in [6, 6.07) is 6.81. The van der Waals surface area contributed by atoms with Crippen LogP contribution in [0.3, 0.4) is 0 Å². The number of imide groups is 1. The number of nitrogens with zero attached hydrogens (tertiary/aromatic N) is 8. The van der Waals surface area contributed by atoms with Gasteiger partial charge in [-0.15, -0.1) is 0 Å². The molecule has 6 heterocycles. The van der Waals surface area contributed by atoms with Gasteiger partial charge in [-0.05, 0) is 68.4 Å². The van der Waals surface area contributed by atoms with Gasteiger partial charge < -0.3 is 15.0 Å². The zero-order valence-corrected chi connectivity index (χ0v) is 31.2. The van der Waals surface area contributed by atoms with Gasteiger partial charge in [0.15, 0.2) is 5.52 Å². The third-order valence-corrected chi connectivity index (χ3v) is 11.3. The number of benzene rings is 1. The molecule has 1 saturated carbocycles. The number of hydrogen-bond donors (Lipinski definition) is 2. The van der Waals surface area contributed by atoms with Crippen molar-refractivity contribution in [2.75, 3.05) is 50.1 Å². The molecule has 57 heavy (non-hydrogen) atoms. The number of alkyl halides is 3. The summed E-state index contributed by atoms with van der Waals surface area (Å²) >= 11 is 0. The smallest absolute Gasteiger partial charge is 0.433 e. The van der Waals surface area contributed by atoms with Crippen LogP contribution >= 0.6 is 0 Å². The van der Waals surface area contributed by atoms with Crippen LogP contribution in [0.5, 0.6) is 5.88 Å². The highest BCUT2D eigenvalue weighted by Gasteiger charge is 2.35. The van der Waals surface area contributed by atoms with Crippen LogP contribution in [0.15, 0.2) is 47.4 Å². The Bertz CT molecular complexity index is 2440. The van der Waals surface area contributed by atoms with Gasteiger partial charge in [-0.2, -0.15) is 23.3 Å². The molecular weight excluding hydrogens is 752 g/mol. The Hall–Kier alpha value is -5.85. The highest BCUT2D eigenvalue weighted by molar-refractivity contribution is 6.03. The largest absolute Gasteiger partial charge is 0.479 e. The van der Waals surface area contributed by atoms with Crippen LogP contribution in [0.1, 0.15) is 66.8 Å². The van der Waals surface area contributed by atoms with E-state index in [0.717, 1.165) is 44.4 Å². The fourth-order valence-electron chi connectivity index (χ4n) is 8.38. The van der Waals surface area contributed by atoms with Gasteiger partial charge in [0.2, 0.25) is 17.7 Å². The van der Waals surface area contributed by atoms with E-state index in [0.29, 0.717) is 59.7 Å². The Labute approximate surface area is 322 Å². The van der Waals surface area contributed by atoms with E-state index in [4.69, 9.17) is 9.84 Å². The summed E-state index contributed by atoms with van der Waals surface area (Å²) in [5.74, 6) is -1.52. The molecule has 0 bridgehead atoms. The monoisotopic (exact) mass is 792 g/mol. The minimum Gasteiger partial charge on any atom is -0.479 e.